The molecule has 0 bridgehead atoms. The summed E-state index contributed by atoms with van der Waals surface area (Å²) in [7, 11) is 0. The Balaban J connectivity index is 2.17. The molecule has 1 aliphatic carbocycles. The molecule has 0 heterocycles. The minimum absolute atomic E-state index is 0.0647. The number of rotatable bonds is 7. The largest absolute Gasteiger partial charge is 0.396 e. The van der Waals surface area contributed by atoms with Crippen molar-refractivity contribution in [1.82, 2.24) is 0 Å². The van der Waals surface area contributed by atoms with E-state index in [1.165, 1.54) is 0 Å². The van der Waals surface area contributed by atoms with Gasteiger partial charge in [-0.05, 0) is 12.5 Å². The summed E-state index contributed by atoms with van der Waals surface area (Å²) < 4.78 is 0. The molecular weight excluding hydrogens is 330 g/mol. The Kier molecular flexibility index (Phi) is 5.23. The van der Waals surface area contributed by atoms with Crippen LogP contribution < -0.4 is 16.4 Å². The van der Waals surface area contributed by atoms with Crippen molar-refractivity contribution in [2.75, 3.05) is 36.1 Å². The van der Waals surface area contributed by atoms with Crippen LogP contribution in [0, 0.1) is 0 Å². The van der Waals surface area contributed by atoms with E-state index in [4.69, 9.17) is 10.8 Å². The SMILES string of the molecule is CCCCNc1cc(NCCO)c(N)c2c1C(=O)c1ccccc1C2=O. The minimum Gasteiger partial charge on any atom is -0.396 e. The average Bonchev–Trinajstić information content (AvgIpc) is 2.66. The fourth-order valence-electron chi connectivity index (χ4n) is 3.19. The molecule has 0 radical (unpaired) electrons. The number of fused-ring (bicyclic) bond motifs is 2. The molecule has 5 N–H and O–H groups in total. The van der Waals surface area contributed by atoms with Gasteiger partial charge in [-0.25, -0.2) is 0 Å². The van der Waals surface area contributed by atoms with Crippen LogP contribution in [0.3, 0.4) is 0 Å². The minimum atomic E-state index is -0.251. The molecule has 3 rings (SSSR count). The van der Waals surface area contributed by atoms with Crippen molar-refractivity contribution in [2.24, 2.45) is 0 Å². The molecule has 2 aromatic rings. The zero-order valence-electron chi connectivity index (χ0n) is 14.8. The summed E-state index contributed by atoms with van der Waals surface area (Å²) in [5, 5.41) is 15.4. The van der Waals surface area contributed by atoms with Gasteiger partial charge in [0, 0.05) is 29.9 Å². The Morgan fingerprint density at radius 1 is 0.962 bits per heavy atom. The maximum atomic E-state index is 13.1. The number of carbonyl (C=O) groups is 2. The van der Waals surface area contributed by atoms with Gasteiger partial charge in [0.15, 0.2) is 11.6 Å². The van der Waals surface area contributed by atoms with Gasteiger partial charge in [-0.15, -0.1) is 0 Å². The molecular formula is C20H23N3O3. The summed E-state index contributed by atoms with van der Waals surface area (Å²) in [6, 6.07) is 8.55. The number of hydrogen-bond donors (Lipinski definition) is 4. The lowest BCUT2D eigenvalue weighted by atomic mass is 9.82. The van der Waals surface area contributed by atoms with Crippen LogP contribution >= 0.6 is 0 Å². The molecule has 1 aliphatic rings. The van der Waals surface area contributed by atoms with Crippen molar-refractivity contribution >= 4 is 28.6 Å². The first-order valence-corrected chi connectivity index (χ1v) is 8.83. The topological polar surface area (TPSA) is 104 Å². The molecule has 0 amide bonds. The highest BCUT2D eigenvalue weighted by Gasteiger charge is 2.34. The highest BCUT2D eigenvalue weighted by molar-refractivity contribution is 6.32. The van der Waals surface area contributed by atoms with Crippen molar-refractivity contribution in [2.45, 2.75) is 19.8 Å². The number of ketones is 2. The molecule has 0 saturated heterocycles. The number of nitrogen functional groups attached to an aromatic ring is 1. The van der Waals surface area contributed by atoms with E-state index >= 15 is 0 Å². The highest BCUT2D eigenvalue weighted by Crippen LogP contribution is 2.39. The molecule has 6 heteroatoms. The fraction of sp³-hybridized carbons (Fsp3) is 0.300. The Labute approximate surface area is 152 Å². The van der Waals surface area contributed by atoms with Crippen molar-refractivity contribution in [3.8, 4) is 0 Å². The van der Waals surface area contributed by atoms with E-state index in [1.54, 1.807) is 30.3 Å². The van der Waals surface area contributed by atoms with Gasteiger partial charge in [-0.2, -0.15) is 0 Å². The fourth-order valence-corrected chi connectivity index (χ4v) is 3.19. The van der Waals surface area contributed by atoms with Crippen molar-refractivity contribution < 1.29 is 14.7 Å². The lowest BCUT2D eigenvalue weighted by Crippen LogP contribution is -2.25. The first-order chi connectivity index (χ1) is 12.6. The molecule has 2 aromatic carbocycles. The highest BCUT2D eigenvalue weighted by atomic mass is 16.3. The van der Waals surface area contributed by atoms with Crippen LogP contribution in [0.5, 0.6) is 0 Å². The van der Waals surface area contributed by atoms with Gasteiger partial charge in [-0.1, -0.05) is 37.6 Å². The number of hydrogen-bond acceptors (Lipinski definition) is 6. The summed E-state index contributed by atoms with van der Waals surface area (Å²) in [6.45, 7) is 3.01. The molecule has 136 valence electrons. The van der Waals surface area contributed by atoms with Gasteiger partial charge >= 0.3 is 0 Å². The number of carbonyl (C=O) groups excluding carboxylic acids is 2. The molecule has 0 spiro atoms. The number of unbranched alkanes of at least 4 members (excludes halogenated alkanes) is 1. The quantitative estimate of drug-likeness (QED) is 0.384. The Morgan fingerprint density at radius 2 is 1.58 bits per heavy atom. The van der Waals surface area contributed by atoms with E-state index in [-0.39, 0.29) is 29.4 Å². The maximum absolute atomic E-state index is 13.1. The zero-order chi connectivity index (χ0) is 18.7. The zero-order valence-corrected chi connectivity index (χ0v) is 14.8. The predicted octanol–water partition coefficient (Wildman–Crippen LogP) is 2.66. The molecule has 0 aliphatic heterocycles. The number of benzene rings is 2. The lowest BCUT2D eigenvalue weighted by Gasteiger charge is -2.24. The van der Waals surface area contributed by atoms with Gasteiger partial charge < -0.3 is 21.5 Å². The van der Waals surface area contributed by atoms with Crippen molar-refractivity contribution in [1.29, 1.82) is 0 Å². The van der Waals surface area contributed by atoms with Crippen LogP contribution in [0.1, 0.15) is 51.6 Å². The molecule has 6 nitrogen and oxygen atoms in total. The van der Waals surface area contributed by atoms with Gasteiger partial charge in [0.05, 0.1) is 29.1 Å². The number of aliphatic hydroxyl groups is 1. The van der Waals surface area contributed by atoms with E-state index in [1.807, 2.05) is 0 Å². The van der Waals surface area contributed by atoms with Gasteiger partial charge in [0.2, 0.25) is 0 Å². The summed E-state index contributed by atoms with van der Waals surface area (Å²) in [6.07, 6.45) is 1.95. The Morgan fingerprint density at radius 3 is 2.19 bits per heavy atom. The number of nitrogens with one attached hydrogen (secondary N) is 2. The van der Waals surface area contributed by atoms with E-state index < -0.39 is 0 Å². The first kappa shape index (κ1) is 17.9. The molecule has 26 heavy (non-hydrogen) atoms. The molecule has 0 aromatic heterocycles. The standard InChI is InChI=1S/C20H23N3O3/c1-2-3-8-22-14-11-15(23-9-10-24)18(21)17-16(14)19(25)12-6-4-5-7-13(12)20(17)26/h4-7,11,22-24H,2-3,8-10,21H2,1H3. The molecule has 0 fully saturated rings. The third-order valence-corrected chi connectivity index (χ3v) is 4.51. The molecule has 0 unspecified atom stereocenters. The van der Waals surface area contributed by atoms with Crippen LogP contribution in [0.4, 0.5) is 17.1 Å². The van der Waals surface area contributed by atoms with Crippen molar-refractivity contribution in [3.63, 3.8) is 0 Å². The van der Waals surface area contributed by atoms with Crippen LogP contribution in [0.25, 0.3) is 0 Å². The molecule has 0 saturated carbocycles. The van der Waals surface area contributed by atoms with Crippen LogP contribution in [0.15, 0.2) is 30.3 Å². The smallest absolute Gasteiger partial charge is 0.196 e. The summed E-state index contributed by atoms with van der Waals surface area (Å²) in [5.41, 5.74) is 8.94. The third-order valence-electron chi connectivity index (χ3n) is 4.51. The Bertz CT molecular complexity index is 862. The van der Waals surface area contributed by atoms with Crippen molar-refractivity contribution in [3.05, 3.63) is 52.6 Å². The number of nitrogens with two attached hydrogens (primary N) is 1. The van der Waals surface area contributed by atoms with E-state index in [0.717, 1.165) is 12.8 Å². The van der Waals surface area contributed by atoms with E-state index in [9.17, 15) is 9.59 Å². The van der Waals surface area contributed by atoms with E-state index in [0.29, 0.717) is 41.2 Å². The number of aliphatic hydroxyl groups excluding tert-OH is 1. The first-order valence-electron chi connectivity index (χ1n) is 8.83. The van der Waals surface area contributed by atoms with E-state index in [2.05, 4.69) is 17.6 Å². The second-order valence-electron chi connectivity index (χ2n) is 6.27. The monoisotopic (exact) mass is 353 g/mol. The maximum Gasteiger partial charge on any atom is 0.196 e. The van der Waals surface area contributed by atoms with Crippen LogP contribution in [-0.2, 0) is 0 Å². The van der Waals surface area contributed by atoms with Gasteiger partial charge in [0.25, 0.3) is 0 Å². The van der Waals surface area contributed by atoms with Gasteiger partial charge in [-0.3, -0.25) is 9.59 Å². The predicted molar refractivity (Wildman–Crippen MR) is 103 cm³/mol. The van der Waals surface area contributed by atoms with Crippen LogP contribution in [0.2, 0.25) is 0 Å². The second kappa shape index (κ2) is 7.58. The average molecular weight is 353 g/mol. The van der Waals surface area contributed by atoms with Crippen LogP contribution in [-0.4, -0.2) is 36.4 Å². The summed E-state index contributed by atoms with van der Waals surface area (Å²) in [5.74, 6) is -0.450. The lowest BCUT2D eigenvalue weighted by molar-refractivity contribution is 0.0980. The molecule has 0 atom stereocenters. The second-order valence-corrected chi connectivity index (χ2v) is 6.27. The Hall–Kier alpha value is -2.86. The summed E-state index contributed by atoms with van der Waals surface area (Å²) >= 11 is 0. The van der Waals surface area contributed by atoms with Gasteiger partial charge in [0.1, 0.15) is 0 Å². The summed E-state index contributed by atoms with van der Waals surface area (Å²) in [4.78, 5) is 26.1. The number of anilines is 3. The normalized spacial score (nSPS) is 12.5. The third kappa shape index (κ3) is 3.04.